The molecule has 0 aliphatic carbocycles. The van der Waals surface area contributed by atoms with Gasteiger partial charge >= 0.3 is 0 Å². The lowest BCUT2D eigenvalue weighted by Crippen LogP contribution is -2.33. The molecule has 2 aromatic carbocycles. The molecule has 0 unspecified atom stereocenters. The van der Waals surface area contributed by atoms with Gasteiger partial charge in [-0.1, -0.05) is 36.8 Å². The van der Waals surface area contributed by atoms with Crippen LogP contribution in [0.5, 0.6) is 0 Å². The van der Waals surface area contributed by atoms with Gasteiger partial charge in [0.25, 0.3) is 0 Å². The number of carbonyl (C=O) groups excluding carboxylic acids is 2. The smallest absolute Gasteiger partial charge is 0.224 e. The number of carbonyl (C=O) groups is 2. The highest BCUT2D eigenvalue weighted by atomic mass is 16.2. The minimum Gasteiger partial charge on any atom is -0.357 e. The first kappa shape index (κ1) is 23.7. The summed E-state index contributed by atoms with van der Waals surface area (Å²) in [6.45, 7) is 8.99. The number of aromatic nitrogens is 1. The fourth-order valence-corrected chi connectivity index (χ4v) is 4.30. The maximum atomic E-state index is 12.4. The van der Waals surface area contributed by atoms with Gasteiger partial charge in [0.05, 0.1) is 5.52 Å². The van der Waals surface area contributed by atoms with Crippen molar-refractivity contribution in [3.8, 4) is 0 Å². The molecule has 2 N–H and O–H groups in total. The zero-order valence-electron chi connectivity index (χ0n) is 20.4. The van der Waals surface area contributed by atoms with E-state index in [-0.39, 0.29) is 24.7 Å². The first-order valence-corrected chi connectivity index (χ1v) is 12.2. The second kappa shape index (κ2) is 10.7. The summed E-state index contributed by atoms with van der Waals surface area (Å²) in [5, 5.41) is 6.83. The molecule has 1 aliphatic heterocycles. The van der Waals surface area contributed by atoms with Gasteiger partial charge in [-0.2, -0.15) is 0 Å². The normalized spacial score (nSPS) is 14.3. The Morgan fingerprint density at radius 2 is 1.68 bits per heavy atom. The number of hydrogen-bond acceptors (Lipinski definition) is 4. The molecule has 2 heterocycles. The van der Waals surface area contributed by atoms with Gasteiger partial charge in [0.1, 0.15) is 5.82 Å². The Bertz CT molecular complexity index is 1160. The molecular weight excluding hydrogens is 424 g/mol. The van der Waals surface area contributed by atoms with Crippen LogP contribution in [0, 0.1) is 19.8 Å². The van der Waals surface area contributed by atoms with E-state index in [0.29, 0.717) is 6.54 Å². The summed E-state index contributed by atoms with van der Waals surface area (Å²) < 4.78 is 0. The Hall–Kier alpha value is -3.41. The van der Waals surface area contributed by atoms with Crippen molar-refractivity contribution in [2.45, 2.75) is 53.0 Å². The number of aryl methyl sites for hydroxylation is 2. The zero-order chi connectivity index (χ0) is 24.1. The van der Waals surface area contributed by atoms with Crippen LogP contribution in [0.3, 0.4) is 0 Å². The molecule has 6 nitrogen and oxygen atoms in total. The number of nitrogens with one attached hydrogen (secondary N) is 2. The summed E-state index contributed by atoms with van der Waals surface area (Å²) in [4.78, 5) is 31.8. The molecule has 34 heavy (non-hydrogen) atoms. The molecule has 4 rings (SSSR count). The van der Waals surface area contributed by atoms with Crippen molar-refractivity contribution in [2.75, 3.05) is 23.3 Å². The third kappa shape index (κ3) is 6.13. The largest absolute Gasteiger partial charge is 0.357 e. The maximum absolute atomic E-state index is 12.4. The lowest BCUT2D eigenvalue weighted by atomic mass is 9.99. The molecule has 1 aliphatic rings. The minimum atomic E-state index is -0.172. The second-order valence-corrected chi connectivity index (χ2v) is 9.51. The lowest BCUT2D eigenvalue weighted by Gasteiger charge is -2.31. The summed E-state index contributed by atoms with van der Waals surface area (Å²) in [5.74, 6) is 1.51. The number of fused-ring (bicyclic) bond motifs is 1. The molecule has 1 fully saturated rings. The Balaban J connectivity index is 1.31. The van der Waals surface area contributed by atoms with E-state index in [1.165, 1.54) is 18.4 Å². The van der Waals surface area contributed by atoms with Crippen LogP contribution < -0.4 is 15.5 Å². The van der Waals surface area contributed by atoms with E-state index in [4.69, 9.17) is 4.98 Å². The van der Waals surface area contributed by atoms with Gasteiger partial charge in [-0.3, -0.25) is 9.59 Å². The molecule has 6 heteroatoms. The van der Waals surface area contributed by atoms with E-state index in [0.717, 1.165) is 52.5 Å². The molecule has 178 valence electrons. The van der Waals surface area contributed by atoms with Gasteiger partial charge in [-0.15, -0.1) is 0 Å². The monoisotopic (exact) mass is 458 g/mol. The van der Waals surface area contributed by atoms with Crippen LogP contribution in [0.25, 0.3) is 10.9 Å². The predicted octanol–water partition coefficient (Wildman–Crippen LogP) is 5.12. The fraction of sp³-hybridized carbons (Fsp3) is 0.393. The van der Waals surface area contributed by atoms with Crippen molar-refractivity contribution in [1.29, 1.82) is 0 Å². The van der Waals surface area contributed by atoms with Gasteiger partial charge in [-0.25, -0.2) is 4.98 Å². The Morgan fingerprint density at radius 1 is 0.971 bits per heavy atom. The lowest BCUT2D eigenvalue weighted by molar-refractivity contribution is -0.124. The number of hydrogen-bond donors (Lipinski definition) is 2. The molecule has 0 bridgehead atoms. The highest BCUT2D eigenvalue weighted by Crippen LogP contribution is 2.28. The molecule has 2 amide bonds. The maximum Gasteiger partial charge on any atom is 0.224 e. The molecule has 0 saturated carbocycles. The van der Waals surface area contributed by atoms with Gasteiger partial charge in [-0.05, 0) is 68.0 Å². The summed E-state index contributed by atoms with van der Waals surface area (Å²) in [6.07, 6.45) is 2.70. The Kier molecular flexibility index (Phi) is 7.46. The van der Waals surface area contributed by atoms with Crippen molar-refractivity contribution >= 4 is 34.2 Å². The van der Waals surface area contributed by atoms with Gasteiger partial charge in [0.2, 0.25) is 11.8 Å². The van der Waals surface area contributed by atoms with Crippen molar-refractivity contribution in [2.24, 2.45) is 5.92 Å². The number of piperidine rings is 1. The zero-order valence-corrected chi connectivity index (χ0v) is 20.4. The average Bonchev–Trinajstić information content (AvgIpc) is 2.83. The van der Waals surface area contributed by atoms with Crippen molar-refractivity contribution in [1.82, 2.24) is 10.3 Å². The van der Waals surface area contributed by atoms with Gasteiger partial charge < -0.3 is 15.5 Å². The number of anilines is 2. The molecule has 1 saturated heterocycles. The number of rotatable bonds is 7. The third-order valence-electron chi connectivity index (χ3n) is 6.58. The highest BCUT2D eigenvalue weighted by molar-refractivity contribution is 5.96. The SMILES string of the molecule is Cc1ccc(CNC(=O)CCC(=O)Nc2ccc3nc(N4CCC(C)CC4)cc(C)c3c2)cc1. The number of pyridine rings is 1. The highest BCUT2D eigenvalue weighted by Gasteiger charge is 2.18. The van der Waals surface area contributed by atoms with Crippen LogP contribution in [0.1, 0.15) is 49.3 Å². The molecule has 0 atom stereocenters. The first-order chi connectivity index (χ1) is 16.4. The standard InChI is InChI=1S/C28H34N4O2/c1-19-4-6-22(7-5-19)18-29-27(33)10-11-28(34)30-23-8-9-25-24(17-23)21(3)16-26(31-25)32-14-12-20(2)13-15-32/h4-9,16-17,20H,10-15,18H2,1-3H3,(H,29,33)(H,30,34). The average molecular weight is 459 g/mol. The van der Waals surface area contributed by atoms with E-state index < -0.39 is 0 Å². The van der Waals surface area contributed by atoms with Crippen molar-refractivity contribution < 1.29 is 9.59 Å². The number of amides is 2. The summed E-state index contributed by atoms with van der Waals surface area (Å²) in [5.41, 5.74) is 5.03. The molecule has 1 aromatic heterocycles. The third-order valence-corrected chi connectivity index (χ3v) is 6.58. The number of nitrogens with zero attached hydrogens (tertiary/aromatic N) is 2. The fourth-order valence-electron chi connectivity index (χ4n) is 4.30. The summed E-state index contributed by atoms with van der Waals surface area (Å²) >= 11 is 0. The van der Waals surface area contributed by atoms with Crippen LogP contribution in [0.4, 0.5) is 11.5 Å². The van der Waals surface area contributed by atoms with E-state index in [1.807, 2.05) is 49.4 Å². The van der Waals surface area contributed by atoms with Crippen LogP contribution in [0.2, 0.25) is 0 Å². The van der Waals surface area contributed by atoms with E-state index in [2.05, 4.69) is 35.4 Å². The first-order valence-electron chi connectivity index (χ1n) is 12.2. The van der Waals surface area contributed by atoms with Crippen LogP contribution in [-0.4, -0.2) is 29.9 Å². The van der Waals surface area contributed by atoms with Crippen molar-refractivity contribution in [3.63, 3.8) is 0 Å². The van der Waals surface area contributed by atoms with E-state index in [1.54, 1.807) is 0 Å². The quantitative estimate of drug-likeness (QED) is 0.515. The molecule has 0 radical (unpaired) electrons. The van der Waals surface area contributed by atoms with Crippen LogP contribution in [-0.2, 0) is 16.1 Å². The predicted molar refractivity (Wildman–Crippen MR) is 138 cm³/mol. The molecule has 3 aromatic rings. The van der Waals surface area contributed by atoms with Gasteiger partial charge in [0, 0.05) is 43.5 Å². The van der Waals surface area contributed by atoms with Gasteiger partial charge in [0.15, 0.2) is 0 Å². The summed E-state index contributed by atoms with van der Waals surface area (Å²) in [6, 6.07) is 16.0. The molecule has 0 spiro atoms. The minimum absolute atomic E-state index is 0.131. The van der Waals surface area contributed by atoms with Crippen molar-refractivity contribution in [3.05, 3.63) is 65.2 Å². The Labute approximate surface area is 201 Å². The Morgan fingerprint density at radius 3 is 2.41 bits per heavy atom. The number of benzene rings is 2. The topological polar surface area (TPSA) is 74.3 Å². The van der Waals surface area contributed by atoms with E-state index >= 15 is 0 Å². The molecular formula is C28H34N4O2. The second-order valence-electron chi connectivity index (χ2n) is 9.51. The van der Waals surface area contributed by atoms with Crippen LogP contribution in [0.15, 0.2) is 48.5 Å². The summed E-state index contributed by atoms with van der Waals surface area (Å²) in [7, 11) is 0. The van der Waals surface area contributed by atoms with E-state index in [9.17, 15) is 9.59 Å². The van der Waals surface area contributed by atoms with Crippen LogP contribution >= 0.6 is 0 Å².